The number of hydrogen-bond acceptors (Lipinski definition) is 4. The summed E-state index contributed by atoms with van der Waals surface area (Å²) in [6, 6.07) is 8.17. The Morgan fingerprint density at radius 3 is 2.27 bits per heavy atom. The fraction of sp³-hybridized carbons (Fsp3) is 0.556. The Morgan fingerprint density at radius 1 is 1.05 bits per heavy atom. The van der Waals surface area contributed by atoms with Crippen LogP contribution in [0.25, 0.3) is 0 Å². The minimum Gasteiger partial charge on any atom is -0.411 e. The molecule has 0 heterocycles. The van der Waals surface area contributed by atoms with Gasteiger partial charge < -0.3 is 10.4 Å². The van der Waals surface area contributed by atoms with E-state index in [1.165, 1.54) is 37.7 Å². The molecule has 22 heavy (non-hydrogen) atoms. The molecule has 0 aliphatic heterocycles. The Hall–Kier alpha value is -1.84. The molecule has 1 aromatic carbocycles. The highest BCUT2D eigenvalue weighted by Gasteiger charge is 2.17. The Kier molecular flexibility index (Phi) is 6.44. The summed E-state index contributed by atoms with van der Waals surface area (Å²) in [4.78, 5) is 0. The summed E-state index contributed by atoms with van der Waals surface area (Å²) in [5.74, 6) is 0.656. The van der Waals surface area contributed by atoms with Crippen LogP contribution in [-0.4, -0.2) is 21.8 Å². The van der Waals surface area contributed by atoms with E-state index in [0.717, 1.165) is 18.4 Å². The first-order valence-electron chi connectivity index (χ1n) is 8.33. The second-order valence-corrected chi connectivity index (χ2v) is 6.06. The van der Waals surface area contributed by atoms with Crippen LogP contribution in [0.4, 0.5) is 0 Å². The average Bonchev–Trinajstić information content (AvgIpc) is 2.59. The lowest BCUT2D eigenvalue weighted by atomic mass is 9.83. The maximum absolute atomic E-state index is 9.29. The van der Waals surface area contributed by atoms with Crippen molar-refractivity contribution in [3.63, 3.8) is 0 Å². The van der Waals surface area contributed by atoms with Gasteiger partial charge in [-0.05, 0) is 37.2 Å². The molecule has 0 saturated heterocycles. The van der Waals surface area contributed by atoms with E-state index in [4.69, 9.17) is 5.21 Å². The SMILES string of the molecule is CCCCC(=N\O)/C(=N/O)c1ccc(C2CCCCC2)cc1. The molecule has 2 N–H and O–H groups in total. The van der Waals surface area contributed by atoms with Gasteiger partial charge in [0, 0.05) is 5.56 Å². The van der Waals surface area contributed by atoms with Crippen molar-refractivity contribution in [2.75, 3.05) is 0 Å². The molecule has 0 aromatic heterocycles. The molecule has 0 atom stereocenters. The molecule has 0 unspecified atom stereocenters. The van der Waals surface area contributed by atoms with E-state index in [0.29, 0.717) is 23.8 Å². The molecule has 4 heteroatoms. The number of unbranched alkanes of at least 4 members (excludes halogenated alkanes) is 1. The van der Waals surface area contributed by atoms with E-state index in [1.54, 1.807) is 0 Å². The Labute approximate surface area is 132 Å². The lowest BCUT2D eigenvalue weighted by Gasteiger charge is -2.22. The van der Waals surface area contributed by atoms with Crippen molar-refractivity contribution in [2.45, 2.75) is 64.2 Å². The van der Waals surface area contributed by atoms with E-state index in [1.807, 2.05) is 12.1 Å². The molecule has 1 aliphatic carbocycles. The molecule has 0 amide bonds. The topological polar surface area (TPSA) is 65.2 Å². The second kappa shape index (κ2) is 8.57. The van der Waals surface area contributed by atoms with Gasteiger partial charge in [-0.2, -0.15) is 0 Å². The number of oxime groups is 2. The van der Waals surface area contributed by atoms with Crippen molar-refractivity contribution in [3.05, 3.63) is 35.4 Å². The zero-order valence-corrected chi connectivity index (χ0v) is 13.3. The third kappa shape index (κ3) is 4.09. The van der Waals surface area contributed by atoms with E-state index >= 15 is 0 Å². The largest absolute Gasteiger partial charge is 0.411 e. The Bertz CT molecular complexity index is 514. The monoisotopic (exact) mass is 302 g/mol. The minimum atomic E-state index is 0.367. The normalized spacial score (nSPS) is 17.7. The maximum Gasteiger partial charge on any atom is 0.134 e. The molecule has 1 aliphatic rings. The molecule has 2 rings (SSSR count). The van der Waals surface area contributed by atoms with Crippen LogP contribution in [0, 0.1) is 0 Å². The van der Waals surface area contributed by atoms with Gasteiger partial charge in [0.15, 0.2) is 0 Å². The first-order chi connectivity index (χ1) is 10.8. The predicted molar refractivity (Wildman–Crippen MR) is 89.3 cm³/mol. The van der Waals surface area contributed by atoms with Crippen LogP contribution in [0.2, 0.25) is 0 Å². The van der Waals surface area contributed by atoms with Crippen LogP contribution in [-0.2, 0) is 0 Å². The van der Waals surface area contributed by atoms with Gasteiger partial charge in [-0.3, -0.25) is 0 Å². The summed E-state index contributed by atoms with van der Waals surface area (Å²) in [5, 5.41) is 25.1. The molecule has 1 fully saturated rings. The minimum absolute atomic E-state index is 0.367. The summed E-state index contributed by atoms with van der Waals surface area (Å²) >= 11 is 0. The molecule has 1 aromatic rings. The third-order valence-corrected chi connectivity index (χ3v) is 4.52. The highest BCUT2D eigenvalue weighted by molar-refractivity contribution is 6.48. The van der Waals surface area contributed by atoms with Crippen LogP contribution in [0.5, 0.6) is 0 Å². The van der Waals surface area contributed by atoms with Crippen molar-refractivity contribution in [2.24, 2.45) is 10.3 Å². The number of rotatable bonds is 6. The first kappa shape index (κ1) is 16.5. The molecule has 0 bridgehead atoms. The van der Waals surface area contributed by atoms with Crippen molar-refractivity contribution in [1.82, 2.24) is 0 Å². The van der Waals surface area contributed by atoms with Crippen LogP contribution in [0.1, 0.15) is 75.3 Å². The van der Waals surface area contributed by atoms with Crippen molar-refractivity contribution in [3.8, 4) is 0 Å². The fourth-order valence-corrected chi connectivity index (χ4v) is 3.19. The van der Waals surface area contributed by atoms with Gasteiger partial charge in [-0.15, -0.1) is 0 Å². The van der Waals surface area contributed by atoms with Gasteiger partial charge >= 0.3 is 0 Å². The second-order valence-electron chi connectivity index (χ2n) is 6.06. The molecule has 0 radical (unpaired) electrons. The van der Waals surface area contributed by atoms with Gasteiger partial charge in [0.1, 0.15) is 11.4 Å². The number of nitrogens with zero attached hydrogens (tertiary/aromatic N) is 2. The van der Waals surface area contributed by atoms with E-state index in [-0.39, 0.29) is 0 Å². The lowest BCUT2D eigenvalue weighted by molar-refractivity contribution is 0.313. The van der Waals surface area contributed by atoms with Crippen LogP contribution in [0.15, 0.2) is 34.6 Å². The summed E-state index contributed by atoms with van der Waals surface area (Å²) in [7, 11) is 0. The molecular weight excluding hydrogens is 276 g/mol. The Balaban J connectivity index is 2.13. The molecule has 120 valence electrons. The van der Waals surface area contributed by atoms with Crippen LogP contribution < -0.4 is 0 Å². The van der Waals surface area contributed by atoms with E-state index < -0.39 is 0 Å². The van der Waals surface area contributed by atoms with Crippen LogP contribution >= 0.6 is 0 Å². The number of benzene rings is 1. The Morgan fingerprint density at radius 2 is 1.73 bits per heavy atom. The smallest absolute Gasteiger partial charge is 0.134 e. The summed E-state index contributed by atoms with van der Waals surface area (Å²) in [6.45, 7) is 2.07. The van der Waals surface area contributed by atoms with Crippen LogP contribution in [0.3, 0.4) is 0 Å². The third-order valence-electron chi connectivity index (χ3n) is 4.52. The molecule has 1 saturated carbocycles. The molecule has 0 spiro atoms. The highest BCUT2D eigenvalue weighted by Crippen LogP contribution is 2.32. The number of hydrogen-bond donors (Lipinski definition) is 2. The zero-order valence-electron chi connectivity index (χ0n) is 13.3. The van der Waals surface area contributed by atoms with Gasteiger partial charge in [0.2, 0.25) is 0 Å². The highest BCUT2D eigenvalue weighted by atomic mass is 16.4. The van der Waals surface area contributed by atoms with Crippen molar-refractivity contribution in [1.29, 1.82) is 0 Å². The maximum atomic E-state index is 9.29. The lowest BCUT2D eigenvalue weighted by Crippen LogP contribution is -2.16. The summed E-state index contributed by atoms with van der Waals surface area (Å²) < 4.78 is 0. The first-order valence-corrected chi connectivity index (χ1v) is 8.33. The average molecular weight is 302 g/mol. The summed E-state index contributed by atoms with van der Waals surface area (Å²) in [6.07, 6.45) is 9.01. The van der Waals surface area contributed by atoms with Crippen molar-refractivity contribution < 1.29 is 10.4 Å². The summed E-state index contributed by atoms with van der Waals surface area (Å²) in [5.41, 5.74) is 2.96. The van der Waals surface area contributed by atoms with Gasteiger partial charge in [0.25, 0.3) is 0 Å². The molecule has 4 nitrogen and oxygen atoms in total. The predicted octanol–water partition coefficient (Wildman–Crippen LogP) is 4.93. The fourth-order valence-electron chi connectivity index (χ4n) is 3.19. The van der Waals surface area contributed by atoms with Crippen molar-refractivity contribution >= 4 is 11.4 Å². The molecular formula is C18H26N2O2. The van der Waals surface area contributed by atoms with Gasteiger partial charge in [-0.1, -0.05) is 67.2 Å². The standard InChI is InChI=1S/C18H26N2O2/c1-2-3-9-17(19-21)18(20-22)16-12-10-15(11-13-16)14-7-5-4-6-8-14/h10-14,21-22H,2-9H2,1H3/b19-17+,20-18+. The van der Waals surface area contributed by atoms with E-state index in [2.05, 4.69) is 29.4 Å². The van der Waals surface area contributed by atoms with E-state index in [9.17, 15) is 5.21 Å². The van der Waals surface area contributed by atoms with Gasteiger partial charge in [0.05, 0.1) is 0 Å². The zero-order chi connectivity index (χ0) is 15.8. The quantitative estimate of drug-likeness (QED) is 0.444. The van der Waals surface area contributed by atoms with Gasteiger partial charge in [-0.25, -0.2) is 0 Å².